The minimum atomic E-state index is -1.03. The van der Waals surface area contributed by atoms with Crippen molar-refractivity contribution in [2.45, 2.75) is 103 Å². The number of unbranched alkanes of at least 4 members (excludes halogenated alkanes) is 8. The molecular formula is C26H46N2Na2O8. The molecule has 0 aromatic rings. The number of carboxylic acids is 4. The average Bonchev–Trinajstić information content (AvgIpc) is 2.79. The van der Waals surface area contributed by atoms with Crippen molar-refractivity contribution < 1.29 is 98.7 Å². The first-order chi connectivity index (χ1) is 17.2. The Morgan fingerprint density at radius 2 is 0.684 bits per heavy atom. The van der Waals surface area contributed by atoms with Gasteiger partial charge in [-0.1, -0.05) is 25.7 Å². The van der Waals surface area contributed by atoms with Crippen LogP contribution in [0, 0.1) is 0 Å². The van der Waals surface area contributed by atoms with E-state index in [0.717, 1.165) is 90.6 Å². The van der Waals surface area contributed by atoms with Gasteiger partial charge in [0.25, 0.3) is 0 Å². The van der Waals surface area contributed by atoms with Gasteiger partial charge in [0.1, 0.15) is 0 Å². The van der Waals surface area contributed by atoms with Crippen LogP contribution in [-0.2, 0) is 19.2 Å². The maximum absolute atomic E-state index is 10.7. The first-order valence-corrected chi connectivity index (χ1v) is 13.5. The topological polar surface area (TPSA) is 161 Å². The molecule has 0 aliphatic rings. The first-order valence-electron chi connectivity index (χ1n) is 13.5. The van der Waals surface area contributed by atoms with Gasteiger partial charge < -0.3 is 39.8 Å². The van der Waals surface area contributed by atoms with E-state index in [0.29, 0.717) is 25.7 Å². The van der Waals surface area contributed by atoms with E-state index < -0.39 is 23.9 Å². The fourth-order valence-corrected chi connectivity index (χ4v) is 4.09. The molecule has 2 N–H and O–H groups in total. The zero-order valence-corrected chi connectivity index (χ0v) is 27.8. The molecule has 0 aliphatic heterocycles. The van der Waals surface area contributed by atoms with Gasteiger partial charge in [-0.25, -0.2) is 0 Å². The second-order valence-electron chi connectivity index (χ2n) is 9.46. The van der Waals surface area contributed by atoms with Gasteiger partial charge in [-0.15, -0.1) is 0 Å². The van der Waals surface area contributed by atoms with E-state index in [9.17, 15) is 29.4 Å². The second kappa shape index (κ2) is 29.8. The van der Waals surface area contributed by atoms with Crippen LogP contribution >= 0.6 is 0 Å². The molecule has 12 heteroatoms. The summed E-state index contributed by atoms with van der Waals surface area (Å²) in [6.07, 6.45) is 9.93. The molecule has 210 valence electrons. The van der Waals surface area contributed by atoms with E-state index in [1.165, 1.54) is 0 Å². The summed E-state index contributed by atoms with van der Waals surface area (Å²) in [6, 6.07) is 0. The van der Waals surface area contributed by atoms with E-state index in [1.54, 1.807) is 0 Å². The van der Waals surface area contributed by atoms with Crippen LogP contribution in [-0.4, -0.2) is 83.2 Å². The predicted octanol–water partition coefficient (Wildman–Crippen LogP) is -4.49. The van der Waals surface area contributed by atoms with Crippen molar-refractivity contribution in [2.75, 3.05) is 39.3 Å². The maximum Gasteiger partial charge on any atom is 1.00 e. The van der Waals surface area contributed by atoms with E-state index in [4.69, 9.17) is 10.2 Å². The SMILES string of the molecule is O=C([O-])CCCCCN(CCCCCC(=O)[O-])CCN(CCCCCC(=O)O)CCCCCC(=O)O.[Na+].[Na+]. The van der Waals surface area contributed by atoms with Crippen molar-refractivity contribution in [3.8, 4) is 0 Å². The summed E-state index contributed by atoms with van der Waals surface area (Å²) < 4.78 is 0. The smallest absolute Gasteiger partial charge is 0.550 e. The fourth-order valence-electron chi connectivity index (χ4n) is 4.09. The number of hydrogen-bond acceptors (Lipinski definition) is 8. The number of carbonyl (C=O) groups is 4. The summed E-state index contributed by atoms with van der Waals surface area (Å²) in [4.78, 5) is 47.4. The van der Waals surface area contributed by atoms with Crippen LogP contribution in [0.15, 0.2) is 0 Å². The number of rotatable bonds is 27. The molecule has 0 aromatic heterocycles. The zero-order chi connectivity index (χ0) is 27.0. The molecule has 0 unspecified atom stereocenters. The Morgan fingerprint density at radius 1 is 0.421 bits per heavy atom. The molecule has 0 atom stereocenters. The van der Waals surface area contributed by atoms with Crippen LogP contribution in [0.4, 0.5) is 0 Å². The normalized spacial score (nSPS) is 10.7. The van der Waals surface area contributed by atoms with E-state index in [2.05, 4.69) is 9.80 Å². The molecule has 0 saturated heterocycles. The van der Waals surface area contributed by atoms with Gasteiger partial charge in [0, 0.05) is 37.9 Å². The van der Waals surface area contributed by atoms with Crippen molar-refractivity contribution in [2.24, 2.45) is 0 Å². The van der Waals surface area contributed by atoms with E-state index in [1.807, 2.05) is 0 Å². The predicted molar refractivity (Wildman–Crippen MR) is 132 cm³/mol. The summed E-state index contributed by atoms with van der Waals surface area (Å²) in [5.41, 5.74) is 0. The third-order valence-corrected chi connectivity index (χ3v) is 6.17. The molecule has 0 bridgehead atoms. The third kappa shape index (κ3) is 32.0. The van der Waals surface area contributed by atoms with Gasteiger partial charge >= 0.3 is 71.1 Å². The van der Waals surface area contributed by atoms with Gasteiger partial charge in [-0.2, -0.15) is 0 Å². The minimum absolute atomic E-state index is 0. The number of carbonyl (C=O) groups excluding carboxylic acids is 2. The standard InChI is InChI=1S/C26H48N2O8.2Na/c29-23(30)13-5-1-9-17-27(18-10-2-6-14-24(31)32)21-22-28(19-11-3-7-15-25(33)34)20-12-4-8-16-26(35)36;;/h1-22H2,(H,29,30)(H,31,32)(H,33,34)(H,35,36);;/q;2*+1/p-2. The van der Waals surface area contributed by atoms with Crippen LogP contribution in [0.25, 0.3) is 0 Å². The summed E-state index contributed by atoms with van der Waals surface area (Å²) in [5.74, 6) is -3.61. The Kier molecular flexibility index (Phi) is 33.1. The summed E-state index contributed by atoms with van der Waals surface area (Å²) in [6.45, 7) is 5.10. The maximum atomic E-state index is 10.7. The summed E-state index contributed by atoms with van der Waals surface area (Å²) in [7, 11) is 0. The molecule has 0 heterocycles. The van der Waals surface area contributed by atoms with Gasteiger partial charge in [-0.3, -0.25) is 9.59 Å². The number of aliphatic carboxylic acids is 4. The quantitative estimate of drug-likeness (QED) is 0.0740. The van der Waals surface area contributed by atoms with Crippen LogP contribution in [0.3, 0.4) is 0 Å². The Balaban J connectivity index is -0.00000612. The average molecular weight is 561 g/mol. The summed E-state index contributed by atoms with van der Waals surface area (Å²) >= 11 is 0. The fraction of sp³-hybridized carbons (Fsp3) is 0.846. The van der Waals surface area contributed by atoms with Crippen molar-refractivity contribution in [1.82, 2.24) is 9.80 Å². The van der Waals surface area contributed by atoms with Gasteiger partial charge in [0.15, 0.2) is 0 Å². The molecule has 0 spiro atoms. The van der Waals surface area contributed by atoms with Crippen molar-refractivity contribution in [1.29, 1.82) is 0 Å². The molecule has 38 heavy (non-hydrogen) atoms. The molecule has 0 aromatic carbocycles. The van der Waals surface area contributed by atoms with Crippen molar-refractivity contribution >= 4 is 23.9 Å². The third-order valence-electron chi connectivity index (χ3n) is 6.17. The Labute approximate surface area is 272 Å². The van der Waals surface area contributed by atoms with E-state index in [-0.39, 0.29) is 84.8 Å². The van der Waals surface area contributed by atoms with Crippen molar-refractivity contribution in [3.05, 3.63) is 0 Å². The van der Waals surface area contributed by atoms with Crippen molar-refractivity contribution in [3.63, 3.8) is 0 Å². The van der Waals surface area contributed by atoms with Crippen LogP contribution in [0.1, 0.15) is 103 Å². The number of hydrogen-bond donors (Lipinski definition) is 2. The molecular weight excluding hydrogens is 514 g/mol. The molecule has 0 rings (SSSR count). The Bertz CT molecular complexity index is 526. The Morgan fingerprint density at radius 3 is 0.921 bits per heavy atom. The number of carboxylic acid groups (broad SMARTS) is 4. The molecule has 0 aliphatic carbocycles. The zero-order valence-electron chi connectivity index (χ0n) is 23.8. The van der Waals surface area contributed by atoms with E-state index >= 15 is 0 Å². The minimum Gasteiger partial charge on any atom is -0.550 e. The van der Waals surface area contributed by atoms with Crippen LogP contribution in [0.2, 0.25) is 0 Å². The molecule has 0 fully saturated rings. The Hall–Kier alpha value is -0.200. The monoisotopic (exact) mass is 560 g/mol. The molecule has 0 radical (unpaired) electrons. The number of nitrogens with zero attached hydrogens (tertiary/aromatic N) is 2. The second-order valence-corrected chi connectivity index (χ2v) is 9.46. The van der Waals surface area contributed by atoms with Crippen LogP contribution < -0.4 is 69.3 Å². The molecule has 0 amide bonds. The first kappa shape index (κ1) is 42.3. The van der Waals surface area contributed by atoms with Gasteiger partial charge in [-0.05, 0) is 90.4 Å². The van der Waals surface area contributed by atoms with Gasteiger partial charge in [0.2, 0.25) is 0 Å². The van der Waals surface area contributed by atoms with Crippen LogP contribution in [0.5, 0.6) is 0 Å². The van der Waals surface area contributed by atoms with Gasteiger partial charge in [0.05, 0.1) is 0 Å². The summed E-state index contributed by atoms with van der Waals surface area (Å²) in [5, 5.41) is 38.9. The largest absolute Gasteiger partial charge is 1.00 e. The molecule has 0 saturated carbocycles. The molecule has 10 nitrogen and oxygen atoms in total.